The third-order valence-electron chi connectivity index (χ3n) is 4.56. The molecule has 7 nitrogen and oxygen atoms in total. The predicted molar refractivity (Wildman–Crippen MR) is 131 cm³/mol. The number of benzene rings is 2. The van der Waals surface area contributed by atoms with Gasteiger partial charge in [-0.05, 0) is 104 Å². The van der Waals surface area contributed by atoms with Gasteiger partial charge in [0, 0.05) is 0 Å². The molecule has 0 unspecified atom stereocenters. The Morgan fingerprint density at radius 1 is 1.06 bits per heavy atom. The van der Waals surface area contributed by atoms with E-state index in [1.165, 1.54) is 6.08 Å². The highest BCUT2D eigenvalue weighted by Crippen LogP contribution is 2.36. The van der Waals surface area contributed by atoms with Crippen molar-refractivity contribution in [2.24, 2.45) is 0 Å². The minimum Gasteiger partial charge on any atom is -0.490 e. The Labute approximate surface area is 200 Å². The number of barbiturate groups is 1. The average Bonchev–Trinajstić information content (AvgIpc) is 2.67. The first-order chi connectivity index (χ1) is 15.1. The summed E-state index contributed by atoms with van der Waals surface area (Å²) in [4.78, 5) is 39.2. The fraction of sp³-hybridized carbons (Fsp3) is 0.292. The Hall–Kier alpha value is -2.88. The number of amides is 4. The summed E-state index contributed by atoms with van der Waals surface area (Å²) in [5, 5.41) is 2.26. The van der Waals surface area contributed by atoms with E-state index in [9.17, 15) is 14.4 Å². The number of urea groups is 1. The first kappa shape index (κ1) is 23.8. The molecule has 3 rings (SSSR count). The number of rotatable bonds is 6. The largest absolute Gasteiger partial charge is 0.490 e. The van der Waals surface area contributed by atoms with E-state index >= 15 is 0 Å². The molecule has 0 aromatic heterocycles. The van der Waals surface area contributed by atoms with E-state index in [1.54, 1.807) is 24.3 Å². The van der Waals surface area contributed by atoms with Crippen LogP contribution in [0.3, 0.4) is 0 Å². The zero-order valence-corrected chi connectivity index (χ0v) is 20.8. The second kappa shape index (κ2) is 9.72. The molecule has 0 spiro atoms. The minimum absolute atomic E-state index is 0.0463. The van der Waals surface area contributed by atoms with E-state index < -0.39 is 17.8 Å². The Kier molecular flexibility index (Phi) is 7.22. The smallest absolute Gasteiger partial charge is 0.335 e. The number of carbonyl (C=O) groups is 3. The minimum atomic E-state index is -0.771. The van der Waals surface area contributed by atoms with E-state index in [4.69, 9.17) is 9.47 Å². The van der Waals surface area contributed by atoms with Gasteiger partial charge in [0.05, 0.1) is 22.0 Å². The van der Waals surface area contributed by atoms with Crippen LogP contribution in [0.4, 0.5) is 10.5 Å². The molecule has 1 N–H and O–H groups in total. The lowest BCUT2D eigenvalue weighted by molar-refractivity contribution is -0.122. The second-order valence-electron chi connectivity index (χ2n) is 7.73. The van der Waals surface area contributed by atoms with Gasteiger partial charge in [0.25, 0.3) is 11.8 Å². The van der Waals surface area contributed by atoms with Gasteiger partial charge in [-0.3, -0.25) is 14.9 Å². The van der Waals surface area contributed by atoms with Crippen LogP contribution in [-0.2, 0) is 9.59 Å². The molecular weight excluding hydrogens is 523 g/mol. The average molecular weight is 548 g/mol. The molecule has 1 aliphatic rings. The highest BCUT2D eigenvalue weighted by Gasteiger charge is 2.37. The van der Waals surface area contributed by atoms with Crippen LogP contribution in [0.25, 0.3) is 6.08 Å². The molecule has 0 atom stereocenters. The van der Waals surface area contributed by atoms with Crippen molar-refractivity contribution in [3.05, 3.63) is 56.2 Å². The molecule has 0 aliphatic carbocycles. The summed E-state index contributed by atoms with van der Waals surface area (Å²) in [7, 11) is 0. The fourth-order valence-corrected chi connectivity index (χ4v) is 4.18. The number of hydrogen-bond acceptors (Lipinski definition) is 5. The van der Waals surface area contributed by atoms with Crippen LogP contribution in [0.1, 0.15) is 37.5 Å². The van der Waals surface area contributed by atoms with Gasteiger partial charge in [-0.25, -0.2) is 9.69 Å². The van der Waals surface area contributed by atoms with Crippen LogP contribution in [-0.4, -0.2) is 30.6 Å². The lowest BCUT2D eigenvalue weighted by Gasteiger charge is -2.27. The van der Waals surface area contributed by atoms with Crippen LogP contribution in [0, 0.1) is 17.4 Å². The molecular formula is C24H25IN2O5. The number of anilines is 1. The zero-order chi connectivity index (χ0) is 23.6. The van der Waals surface area contributed by atoms with Gasteiger partial charge in [-0.1, -0.05) is 6.07 Å². The Morgan fingerprint density at radius 3 is 2.31 bits per heavy atom. The molecule has 8 heteroatoms. The monoisotopic (exact) mass is 548 g/mol. The number of ether oxygens (including phenoxy) is 2. The van der Waals surface area contributed by atoms with E-state index in [0.717, 1.165) is 19.6 Å². The molecule has 0 saturated carbocycles. The van der Waals surface area contributed by atoms with Gasteiger partial charge in [-0.15, -0.1) is 0 Å². The van der Waals surface area contributed by atoms with Crippen LogP contribution in [0.15, 0.2) is 35.9 Å². The maximum atomic E-state index is 13.2. The van der Waals surface area contributed by atoms with Crippen molar-refractivity contribution in [2.75, 3.05) is 11.5 Å². The van der Waals surface area contributed by atoms with Crippen LogP contribution >= 0.6 is 22.6 Å². The normalized spacial score (nSPS) is 15.4. The third kappa shape index (κ3) is 5.12. The summed E-state index contributed by atoms with van der Waals surface area (Å²) in [6.45, 7) is 9.89. The molecule has 1 fully saturated rings. The summed E-state index contributed by atoms with van der Waals surface area (Å²) < 4.78 is 12.4. The van der Waals surface area contributed by atoms with Gasteiger partial charge in [-0.2, -0.15) is 0 Å². The number of hydrogen-bond donors (Lipinski definition) is 1. The van der Waals surface area contributed by atoms with Gasteiger partial charge in [0.15, 0.2) is 11.5 Å². The molecule has 168 valence electrons. The zero-order valence-electron chi connectivity index (χ0n) is 18.6. The van der Waals surface area contributed by atoms with E-state index in [-0.39, 0.29) is 11.7 Å². The fourth-order valence-electron chi connectivity index (χ4n) is 3.42. The molecule has 1 heterocycles. The lowest BCUT2D eigenvalue weighted by Crippen LogP contribution is -2.54. The molecule has 0 radical (unpaired) electrons. The van der Waals surface area contributed by atoms with E-state index in [2.05, 4.69) is 27.9 Å². The summed E-state index contributed by atoms with van der Waals surface area (Å²) in [6.07, 6.45) is 1.42. The molecule has 4 amide bonds. The van der Waals surface area contributed by atoms with Gasteiger partial charge in [0.2, 0.25) is 0 Å². The van der Waals surface area contributed by atoms with Crippen LogP contribution in [0.5, 0.6) is 11.5 Å². The Morgan fingerprint density at radius 2 is 1.72 bits per heavy atom. The first-order valence-corrected chi connectivity index (χ1v) is 11.3. The van der Waals surface area contributed by atoms with Crippen molar-refractivity contribution in [1.29, 1.82) is 0 Å². The molecule has 0 bridgehead atoms. The highest BCUT2D eigenvalue weighted by atomic mass is 127. The van der Waals surface area contributed by atoms with Gasteiger partial charge >= 0.3 is 6.03 Å². The van der Waals surface area contributed by atoms with Crippen molar-refractivity contribution in [3.8, 4) is 11.5 Å². The van der Waals surface area contributed by atoms with Crippen molar-refractivity contribution >= 4 is 52.2 Å². The Bertz CT molecular complexity index is 1100. The quantitative estimate of drug-likeness (QED) is 0.320. The second-order valence-corrected chi connectivity index (χ2v) is 8.90. The summed E-state index contributed by atoms with van der Waals surface area (Å²) in [5.74, 6) is -0.294. The molecule has 2 aromatic carbocycles. The molecule has 32 heavy (non-hydrogen) atoms. The van der Waals surface area contributed by atoms with Gasteiger partial charge < -0.3 is 9.47 Å². The van der Waals surface area contributed by atoms with Gasteiger partial charge in [0.1, 0.15) is 5.57 Å². The topological polar surface area (TPSA) is 84.9 Å². The Balaban J connectivity index is 2.05. The van der Waals surface area contributed by atoms with E-state index in [1.807, 2.05) is 40.7 Å². The number of halogens is 1. The van der Waals surface area contributed by atoms with Crippen molar-refractivity contribution in [3.63, 3.8) is 0 Å². The third-order valence-corrected chi connectivity index (χ3v) is 5.36. The maximum absolute atomic E-state index is 13.2. The van der Waals surface area contributed by atoms with Crippen LogP contribution < -0.4 is 19.7 Å². The van der Waals surface area contributed by atoms with Crippen LogP contribution in [0.2, 0.25) is 0 Å². The standard InChI is InChI=1S/C24H25IN2O5/c1-6-31-20-12-16(11-19(25)21(20)32-13(2)3)10-18-22(28)26-24(30)27(23(18)29)17-8-14(4)7-15(5)9-17/h7-13H,6H2,1-5H3,(H,26,28,30)/b18-10+. The number of imide groups is 2. The maximum Gasteiger partial charge on any atom is 0.335 e. The first-order valence-electron chi connectivity index (χ1n) is 10.2. The van der Waals surface area contributed by atoms with Crippen molar-refractivity contribution in [1.82, 2.24) is 5.32 Å². The SMILES string of the molecule is CCOc1cc(/C=C2\C(=O)NC(=O)N(c3cc(C)cc(C)c3)C2=O)cc(I)c1OC(C)C. The summed E-state index contributed by atoms with van der Waals surface area (Å²) >= 11 is 2.13. The summed E-state index contributed by atoms with van der Waals surface area (Å²) in [6, 6.07) is 8.14. The van der Waals surface area contributed by atoms with Crippen molar-refractivity contribution in [2.45, 2.75) is 40.7 Å². The van der Waals surface area contributed by atoms with E-state index in [0.29, 0.717) is 29.4 Å². The predicted octanol–water partition coefficient (Wildman–Crippen LogP) is 4.76. The lowest BCUT2D eigenvalue weighted by atomic mass is 10.0. The molecule has 2 aromatic rings. The number of nitrogens with one attached hydrogen (secondary N) is 1. The summed E-state index contributed by atoms with van der Waals surface area (Å²) in [5.41, 5.74) is 2.66. The number of carbonyl (C=O) groups excluding carboxylic acids is 3. The number of nitrogens with zero attached hydrogens (tertiary/aromatic N) is 1. The molecule has 1 saturated heterocycles. The molecule has 1 aliphatic heterocycles. The highest BCUT2D eigenvalue weighted by molar-refractivity contribution is 14.1. The number of aryl methyl sites for hydroxylation is 2. The van der Waals surface area contributed by atoms with Crippen molar-refractivity contribution < 1.29 is 23.9 Å².